The van der Waals surface area contributed by atoms with Gasteiger partial charge in [-0.25, -0.2) is 4.39 Å². The first-order valence-corrected chi connectivity index (χ1v) is 25.9. The summed E-state index contributed by atoms with van der Waals surface area (Å²) in [5.41, 5.74) is 19.5. The minimum Gasteiger partial charge on any atom is -0.404 e. The minimum absolute atomic E-state index is 0.103. The molecule has 1 aromatic rings. The van der Waals surface area contributed by atoms with Crippen LogP contribution in [0.25, 0.3) is 0 Å². The van der Waals surface area contributed by atoms with Crippen LogP contribution < -0.4 is 16.8 Å². The summed E-state index contributed by atoms with van der Waals surface area (Å²) in [6.07, 6.45) is 20.6. The number of hydrogen-bond acceptors (Lipinski definition) is 3. The number of halogens is 1. The first-order chi connectivity index (χ1) is 30.3. The highest BCUT2D eigenvalue weighted by Gasteiger charge is 2.34. The van der Waals surface area contributed by atoms with Gasteiger partial charge in [-0.1, -0.05) is 206 Å². The molecule has 4 heteroatoms. The third-order valence-electron chi connectivity index (χ3n) is 10.8. The molecule has 0 radical (unpaired) electrons. The summed E-state index contributed by atoms with van der Waals surface area (Å²) in [6.45, 7) is 63.4. The summed E-state index contributed by atoms with van der Waals surface area (Å²) in [4.78, 5) is 0. The predicted octanol–water partition coefficient (Wildman–Crippen LogP) is 20.3. The van der Waals surface area contributed by atoms with E-state index in [4.69, 9.17) is 11.5 Å². The van der Waals surface area contributed by atoms with Crippen molar-refractivity contribution in [3.63, 3.8) is 0 Å². The number of nitrogens with two attached hydrogens (primary N) is 2. The van der Waals surface area contributed by atoms with Crippen molar-refractivity contribution < 1.29 is 4.39 Å². The Hall–Kier alpha value is -3.27. The van der Waals surface area contributed by atoms with Crippen molar-refractivity contribution in [2.45, 2.75) is 241 Å². The molecule has 1 saturated carbocycles. The molecule has 1 aromatic carbocycles. The van der Waals surface area contributed by atoms with E-state index in [0.29, 0.717) is 11.4 Å². The summed E-state index contributed by atoms with van der Waals surface area (Å²) >= 11 is 0. The standard InChI is InChI=1S/C34H52FN3.C7H16.C6H12.2C4H10.2C2H6.C2H4/c1-12-29(35)32(19-23(4)5)38-31(21-30(37)26(9)22-36)27-15-16-28(25(8)20-27)34(14-3,24(6)7)18-17-33(10,11)13-2;1-3-5-7-6-4-2;1-5-3-6(2)4-5;2*1-4(2)3;3*1-2/h12,15-16,19-22,31,38H,1,6,13-14,17-18,36-37H2,2-5,7-11H3;3-7H2,1-2H3;5-6H,3-4H2,1-2H3;2*4H,1-3H3;2*1-2H3;1-2H2/b26-22-,30-21+,32-29-;;;;;;;. The SMILES string of the molecule is C=C.C=C/C(F)=C(\C=C(C)C)NC(/C=C(N)\C(C)=C/N)c1ccc(C(CC)(CCC(C)(C)CC)C(=C)C)c(C)c1.CC.CC.CC(C)C.CC(C)C.CC1CC(C)C1.CCCCCCC. The second-order valence-electron chi connectivity index (χ2n) is 19.8. The summed E-state index contributed by atoms with van der Waals surface area (Å²) in [7, 11) is 0. The molecule has 2 rings (SSSR count). The Morgan fingerprint density at radius 2 is 1.26 bits per heavy atom. The molecule has 3 nitrogen and oxygen atoms in total. The summed E-state index contributed by atoms with van der Waals surface area (Å²) in [5.74, 6) is 3.33. The van der Waals surface area contributed by atoms with Gasteiger partial charge in [0, 0.05) is 11.1 Å². The van der Waals surface area contributed by atoms with Crippen molar-refractivity contribution in [3.05, 3.63) is 120 Å². The van der Waals surface area contributed by atoms with Gasteiger partial charge in [-0.05, 0) is 143 Å². The zero-order valence-corrected chi connectivity index (χ0v) is 48.1. The van der Waals surface area contributed by atoms with E-state index in [1.54, 1.807) is 6.08 Å². The minimum atomic E-state index is -0.423. The number of unbranched alkanes of at least 4 members (excludes halogenated alkanes) is 4. The van der Waals surface area contributed by atoms with Crippen molar-refractivity contribution in [2.24, 2.45) is 40.6 Å². The maximum absolute atomic E-state index is 14.8. The Bertz CT molecular complexity index is 1410. The molecule has 5 N–H and O–H groups in total. The monoisotopic (exact) mass is 910 g/mol. The van der Waals surface area contributed by atoms with Gasteiger partial charge in [0.25, 0.3) is 0 Å². The summed E-state index contributed by atoms with van der Waals surface area (Å²) < 4.78 is 14.8. The third-order valence-corrected chi connectivity index (χ3v) is 10.8. The fraction of sp³-hybridized carbons (Fsp3) is 0.672. The molecule has 0 heterocycles. The van der Waals surface area contributed by atoms with Crippen LogP contribution >= 0.6 is 0 Å². The Morgan fingerprint density at radius 1 is 0.815 bits per heavy atom. The van der Waals surface area contributed by atoms with Crippen molar-refractivity contribution in [2.75, 3.05) is 0 Å². The number of aryl methyl sites for hydroxylation is 1. The highest BCUT2D eigenvalue weighted by Crippen LogP contribution is 2.44. The highest BCUT2D eigenvalue weighted by molar-refractivity contribution is 5.45. The molecule has 0 saturated heterocycles. The third kappa shape index (κ3) is 37.5. The van der Waals surface area contributed by atoms with E-state index in [1.807, 2.05) is 54.5 Å². The molecular weight excluding hydrogens is 794 g/mol. The van der Waals surface area contributed by atoms with Crippen molar-refractivity contribution in [1.82, 2.24) is 5.32 Å². The zero-order valence-electron chi connectivity index (χ0n) is 48.1. The van der Waals surface area contributed by atoms with Gasteiger partial charge in [0.15, 0.2) is 0 Å². The first-order valence-electron chi connectivity index (χ1n) is 25.9. The Labute approximate surface area is 409 Å². The van der Waals surface area contributed by atoms with E-state index in [0.717, 1.165) is 66.1 Å². The van der Waals surface area contributed by atoms with Crippen LogP contribution in [0.2, 0.25) is 0 Å². The Balaban J connectivity index is -0.000000259. The molecule has 0 aromatic heterocycles. The van der Waals surface area contributed by atoms with E-state index in [-0.39, 0.29) is 16.9 Å². The number of rotatable bonds is 18. The van der Waals surface area contributed by atoms with Gasteiger partial charge in [0.05, 0.1) is 11.7 Å². The lowest BCUT2D eigenvalue weighted by atomic mass is 9.66. The average Bonchev–Trinajstić information content (AvgIpc) is 3.25. The summed E-state index contributed by atoms with van der Waals surface area (Å²) in [6, 6.07) is 6.15. The van der Waals surface area contributed by atoms with Crippen LogP contribution in [0.3, 0.4) is 0 Å². The molecule has 1 fully saturated rings. The van der Waals surface area contributed by atoms with Crippen molar-refractivity contribution in [1.29, 1.82) is 0 Å². The molecule has 1 aliphatic carbocycles. The van der Waals surface area contributed by atoms with Gasteiger partial charge in [-0.2, -0.15) is 0 Å². The van der Waals surface area contributed by atoms with E-state index < -0.39 is 5.83 Å². The van der Waals surface area contributed by atoms with E-state index in [9.17, 15) is 4.39 Å². The Kier molecular flexibility index (Phi) is 50.3. The van der Waals surface area contributed by atoms with Gasteiger partial charge in [-0.15, -0.1) is 13.2 Å². The van der Waals surface area contributed by atoms with Crippen LogP contribution in [0, 0.1) is 36.0 Å². The maximum Gasteiger partial charge on any atom is 0.145 e. The van der Waals surface area contributed by atoms with Crippen LogP contribution in [0.1, 0.15) is 246 Å². The number of benzene rings is 1. The fourth-order valence-corrected chi connectivity index (χ4v) is 6.75. The lowest BCUT2D eigenvalue weighted by Gasteiger charge is -2.39. The lowest BCUT2D eigenvalue weighted by Crippen LogP contribution is -2.30. The van der Waals surface area contributed by atoms with Gasteiger partial charge in [0.1, 0.15) is 5.83 Å². The smallest absolute Gasteiger partial charge is 0.145 e. The fourth-order valence-electron chi connectivity index (χ4n) is 6.75. The van der Waals surface area contributed by atoms with E-state index >= 15 is 0 Å². The zero-order chi connectivity index (χ0) is 52.5. The van der Waals surface area contributed by atoms with Crippen LogP contribution in [-0.4, -0.2) is 0 Å². The van der Waals surface area contributed by atoms with Crippen LogP contribution in [-0.2, 0) is 5.41 Å². The van der Waals surface area contributed by atoms with Crippen LogP contribution in [0.5, 0.6) is 0 Å². The number of nitrogens with one attached hydrogen (secondary N) is 1. The van der Waals surface area contributed by atoms with E-state index in [2.05, 4.69) is 161 Å². The van der Waals surface area contributed by atoms with Gasteiger partial charge in [0.2, 0.25) is 0 Å². The Morgan fingerprint density at radius 3 is 1.55 bits per heavy atom. The average molecular weight is 911 g/mol. The number of hydrogen-bond donors (Lipinski definition) is 3. The van der Waals surface area contributed by atoms with Gasteiger partial charge >= 0.3 is 0 Å². The van der Waals surface area contributed by atoms with Crippen LogP contribution in [0.15, 0.2) is 103 Å². The quantitative estimate of drug-likeness (QED) is 0.0781. The van der Waals surface area contributed by atoms with Gasteiger partial charge in [-0.3, -0.25) is 0 Å². The topological polar surface area (TPSA) is 64.1 Å². The lowest BCUT2D eigenvalue weighted by molar-refractivity contribution is 0.233. The second kappa shape index (κ2) is 44.6. The first kappa shape index (κ1) is 73.3. The molecule has 0 amide bonds. The molecular formula is C61H116FN3. The molecule has 382 valence electrons. The van der Waals surface area contributed by atoms with E-state index in [1.165, 1.54) is 73.9 Å². The molecule has 0 aliphatic heterocycles. The van der Waals surface area contributed by atoms with Crippen molar-refractivity contribution in [3.8, 4) is 0 Å². The molecule has 65 heavy (non-hydrogen) atoms. The molecule has 2 atom stereocenters. The van der Waals surface area contributed by atoms with Crippen molar-refractivity contribution >= 4 is 0 Å². The largest absolute Gasteiger partial charge is 0.404 e. The summed E-state index contributed by atoms with van der Waals surface area (Å²) in [5, 5.41) is 3.35. The molecule has 1 aliphatic rings. The van der Waals surface area contributed by atoms with Gasteiger partial charge < -0.3 is 16.8 Å². The predicted molar refractivity (Wildman–Crippen MR) is 302 cm³/mol. The highest BCUT2D eigenvalue weighted by atomic mass is 19.1. The second-order valence-corrected chi connectivity index (χ2v) is 19.8. The molecule has 0 spiro atoms. The molecule has 2 unspecified atom stereocenters. The van der Waals surface area contributed by atoms with Crippen LogP contribution in [0.4, 0.5) is 4.39 Å². The maximum atomic E-state index is 14.8. The molecule has 0 bridgehead atoms. The number of allylic oxidation sites excluding steroid dienone is 6. The normalized spacial score (nSPS) is 15.7.